The van der Waals surface area contributed by atoms with Crippen molar-refractivity contribution in [3.05, 3.63) is 33.7 Å². The number of halogens is 1. The fourth-order valence-corrected chi connectivity index (χ4v) is 2.95. The van der Waals surface area contributed by atoms with Crippen molar-refractivity contribution in [3.8, 4) is 0 Å². The van der Waals surface area contributed by atoms with E-state index in [1.54, 1.807) is 16.7 Å². The average Bonchev–Trinajstić information content (AvgIpc) is 2.73. The Balaban J connectivity index is 1.93. The monoisotopic (exact) mass is 295 g/mol. The van der Waals surface area contributed by atoms with Crippen molar-refractivity contribution in [3.63, 3.8) is 0 Å². The minimum Gasteiger partial charge on any atom is -0.465 e. The molecule has 0 saturated carbocycles. The fourth-order valence-electron chi connectivity index (χ4n) is 2.78. The number of fused-ring (bicyclic) bond motifs is 1. The van der Waals surface area contributed by atoms with E-state index in [1.807, 2.05) is 6.07 Å². The first-order valence-corrected chi connectivity index (χ1v) is 6.81. The van der Waals surface area contributed by atoms with Gasteiger partial charge in [-0.25, -0.2) is 9.59 Å². The predicted molar refractivity (Wildman–Crippen MR) is 75.4 cm³/mol. The smallest absolute Gasteiger partial charge is 0.407 e. The van der Waals surface area contributed by atoms with Gasteiger partial charge in [0.25, 0.3) is 0 Å². The lowest BCUT2D eigenvalue weighted by Gasteiger charge is -2.30. The van der Waals surface area contributed by atoms with Crippen molar-refractivity contribution in [1.29, 1.82) is 0 Å². The number of H-pyrrole nitrogens is 1. The molecule has 0 atom stereocenters. The summed E-state index contributed by atoms with van der Waals surface area (Å²) in [5.41, 5.74) is 1.35. The molecule has 1 aliphatic heterocycles. The molecule has 1 aliphatic rings. The van der Waals surface area contributed by atoms with E-state index in [-0.39, 0.29) is 11.7 Å². The van der Waals surface area contributed by atoms with Gasteiger partial charge in [-0.2, -0.15) is 0 Å². The van der Waals surface area contributed by atoms with E-state index in [0.29, 0.717) is 36.5 Å². The number of benzene rings is 1. The summed E-state index contributed by atoms with van der Waals surface area (Å²) in [6, 6.07) is 5.31. The highest BCUT2D eigenvalue weighted by molar-refractivity contribution is 6.31. The Morgan fingerprint density at radius 2 is 2.05 bits per heavy atom. The Kier molecular flexibility index (Phi) is 3.17. The van der Waals surface area contributed by atoms with Crippen molar-refractivity contribution in [2.24, 2.45) is 0 Å². The van der Waals surface area contributed by atoms with Crippen LogP contribution in [0.15, 0.2) is 23.0 Å². The Morgan fingerprint density at radius 1 is 1.35 bits per heavy atom. The highest BCUT2D eigenvalue weighted by Crippen LogP contribution is 2.26. The van der Waals surface area contributed by atoms with Crippen molar-refractivity contribution in [1.82, 2.24) is 14.5 Å². The van der Waals surface area contributed by atoms with Crippen LogP contribution in [0.3, 0.4) is 0 Å². The summed E-state index contributed by atoms with van der Waals surface area (Å²) in [6.45, 7) is 0.902. The first-order chi connectivity index (χ1) is 9.56. The fraction of sp³-hybridized carbons (Fsp3) is 0.385. The minimum absolute atomic E-state index is 0.0213. The summed E-state index contributed by atoms with van der Waals surface area (Å²) in [5, 5.41) is 9.52. The van der Waals surface area contributed by atoms with Crippen LogP contribution in [-0.2, 0) is 0 Å². The third kappa shape index (κ3) is 2.16. The molecule has 2 N–H and O–H groups in total. The van der Waals surface area contributed by atoms with E-state index < -0.39 is 6.09 Å². The molecule has 3 rings (SSSR count). The summed E-state index contributed by atoms with van der Waals surface area (Å²) in [6.07, 6.45) is 0.380. The number of carbonyl (C=O) groups is 1. The summed E-state index contributed by atoms with van der Waals surface area (Å²) >= 11 is 5.92. The number of hydrogen-bond acceptors (Lipinski definition) is 2. The lowest BCUT2D eigenvalue weighted by atomic mass is 10.1. The zero-order valence-corrected chi connectivity index (χ0v) is 11.4. The molecule has 0 bridgehead atoms. The lowest BCUT2D eigenvalue weighted by Crippen LogP contribution is -2.39. The van der Waals surface area contributed by atoms with Gasteiger partial charge in [-0.3, -0.25) is 4.57 Å². The molecule has 106 valence electrons. The largest absolute Gasteiger partial charge is 0.465 e. The molecule has 0 aliphatic carbocycles. The van der Waals surface area contributed by atoms with Crippen LogP contribution in [0.5, 0.6) is 0 Å². The van der Waals surface area contributed by atoms with E-state index in [0.717, 1.165) is 5.52 Å². The van der Waals surface area contributed by atoms with Crippen LogP contribution in [-0.4, -0.2) is 38.7 Å². The zero-order chi connectivity index (χ0) is 14.3. The van der Waals surface area contributed by atoms with Crippen molar-refractivity contribution >= 4 is 28.7 Å². The zero-order valence-electron chi connectivity index (χ0n) is 10.7. The molecular weight excluding hydrogens is 282 g/mol. The Bertz CT molecular complexity index is 713. The first-order valence-electron chi connectivity index (χ1n) is 6.44. The van der Waals surface area contributed by atoms with Gasteiger partial charge >= 0.3 is 11.8 Å². The molecule has 1 saturated heterocycles. The molecule has 20 heavy (non-hydrogen) atoms. The third-order valence-corrected chi connectivity index (χ3v) is 4.01. The van der Waals surface area contributed by atoms with Crippen LogP contribution >= 0.6 is 11.6 Å². The molecule has 7 heteroatoms. The van der Waals surface area contributed by atoms with Gasteiger partial charge < -0.3 is 15.0 Å². The third-order valence-electron chi connectivity index (χ3n) is 3.78. The number of rotatable bonds is 1. The van der Waals surface area contributed by atoms with Gasteiger partial charge in [0.1, 0.15) is 0 Å². The standard InChI is InChI=1S/C13H14ClN3O3/c14-8-1-2-11-10(7-8)15-12(18)17(11)9-3-5-16(6-4-9)13(19)20/h1-2,7,9H,3-6H2,(H,15,18)(H,19,20). The van der Waals surface area contributed by atoms with E-state index in [9.17, 15) is 9.59 Å². The Labute approximate surface area is 119 Å². The van der Waals surface area contributed by atoms with Gasteiger partial charge in [0.2, 0.25) is 0 Å². The molecule has 2 heterocycles. The van der Waals surface area contributed by atoms with Gasteiger partial charge in [0.15, 0.2) is 0 Å². The second-order valence-corrected chi connectivity index (χ2v) is 5.40. The topological polar surface area (TPSA) is 78.3 Å². The molecule has 1 amide bonds. The van der Waals surface area contributed by atoms with Crippen molar-refractivity contribution in [2.75, 3.05) is 13.1 Å². The van der Waals surface area contributed by atoms with E-state index in [2.05, 4.69) is 4.98 Å². The second-order valence-electron chi connectivity index (χ2n) is 4.96. The van der Waals surface area contributed by atoms with Gasteiger partial charge in [0.05, 0.1) is 11.0 Å². The maximum atomic E-state index is 12.1. The minimum atomic E-state index is -0.901. The van der Waals surface area contributed by atoms with Crippen LogP contribution in [0.2, 0.25) is 5.02 Å². The normalized spacial score (nSPS) is 16.8. The summed E-state index contributed by atoms with van der Waals surface area (Å²) in [4.78, 5) is 27.2. The summed E-state index contributed by atoms with van der Waals surface area (Å²) in [7, 11) is 0. The molecular formula is C13H14ClN3O3. The molecule has 1 fully saturated rings. The highest BCUT2D eigenvalue weighted by Gasteiger charge is 2.25. The molecule has 0 unspecified atom stereocenters. The van der Waals surface area contributed by atoms with Crippen molar-refractivity contribution in [2.45, 2.75) is 18.9 Å². The summed E-state index contributed by atoms with van der Waals surface area (Å²) in [5.74, 6) is 0. The number of aromatic amines is 1. The number of likely N-dealkylation sites (tertiary alicyclic amines) is 1. The van der Waals surface area contributed by atoms with Crippen LogP contribution in [0, 0.1) is 0 Å². The van der Waals surface area contributed by atoms with Crippen LogP contribution < -0.4 is 5.69 Å². The molecule has 2 aromatic rings. The molecule has 0 spiro atoms. The maximum Gasteiger partial charge on any atom is 0.407 e. The first kappa shape index (κ1) is 13.1. The maximum absolute atomic E-state index is 12.1. The summed E-state index contributed by atoms with van der Waals surface area (Å²) < 4.78 is 1.71. The second kappa shape index (κ2) is 4.86. The number of piperidine rings is 1. The molecule has 6 nitrogen and oxygen atoms in total. The van der Waals surface area contributed by atoms with Gasteiger partial charge in [-0.15, -0.1) is 0 Å². The number of carboxylic acid groups (broad SMARTS) is 1. The van der Waals surface area contributed by atoms with Gasteiger partial charge in [0, 0.05) is 24.2 Å². The Hall–Kier alpha value is -1.95. The van der Waals surface area contributed by atoms with Crippen LogP contribution in [0.1, 0.15) is 18.9 Å². The number of imidazole rings is 1. The number of aromatic nitrogens is 2. The van der Waals surface area contributed by atoms with E-state index in [4.69, 9.17) is 16.7 Å². The number of amides is 1. The Morgan fingerprint density at radius 3 is 2.70 bits per heavy atom. The van der Waals surface area contributed by atoms with Crippen LogP contribution in [0.4, 0.5) is 4.79 Å². The van der Waals surface area contributed by atoms with Crippen LogP contribution in [0.25, 0.3) is 11.0 Å². The SMILES string of the molecule is O=C(O)N1CCC(n2c(=O)[nH]c3cc(Cl)ccc32)CC1. The number of nitrogens with zero attached hydrogens (tertiary/aromatic N) is 2. The molecule has 0 radical (unpaired) electrons. The van der Waals surface area contributed by atoms with E-state index in [1.165, 1.54) is 4.90 Å². The lowest BCUT2D eigenvalue weighted by molar-refractivity contribution is 0.125. The molecule has 1 aromatic heterocycles. The van der Waals surface area contributed by atoms with Crippen molar-refractivity contribution < 1.29 is 9.90 Å². The van der Waals surface area contributed by atoms with Gasteiger partial charge in [-0.1, -0.05) is 11.6 Å². The number of hydrogen-bond donors (Lipinski definition) is 2. The average molecular weight is 296 g/mol. The highest BCUT2D eigenvalue weighted by atomic mass is 35.5. The molecule has 1 aromatic carbocycles. The van der Waals surface area contributed by atoms with Gasteiger partial charge in [-0.05, 0) is 31.0 Å². The predicted octanol–water partition coefficient (Wildman–Crippen LogP) is 2.30. The van der Waals surface area contributed by atoms with E-state index >= 15 is 0 Å². The number of nitrogens with one attached hydrogen (secondary N) is 1. The quantitative estimate of drug-likeness (QED) is 0.847.